The van der Waals surface area contributed by atoms with E-state index >= 15 is 0 Å². The Bertz CT molecular complexity index is 1160. The highest BCUT2D eigenvalue weighted by Crippen LogP contribution is 2.33. The topological polar surface area (TPSA) is 85.9 Å². The fourth-order valence-electron chi connectivity index (χ4n) is 2.97. The summed E-state index contributed by atoms with van der Waals surface area (Å²) in [5, 5.41) is 5.41. The van der Waals surface area contributed by atoms with Gasteiger partial charge in [-0.3, -0.25) is 9.59 Å². The Labute approximate surface area is 195 Å². The van der Waals surface area contributed by atoms with Crippen molar-refractivity contribution in [2.45, 2.75) is 6.61 Å². The van der Waals surface area contributed by atoms with Crippen molar-refractivity contribution in [1.29, 1.82) is 0 Å². The molecule has 0 bridgehead atoms. The summed E-state index contributed by atoms with van der Waals surface area (Å²) in [6.45, 7) is -3.04. The van der Waals surface area contributed by atoms with Crippen molar-refractivity contribution < 1.29 is 32.6 Å². The van der Waals surface area contributed by atoms with E-state index in [1.54, 1.807) is 61.7 Å². The molecular formula is C25H22F2N2O5. The molecule has 3 aromatic carbocycles. The van der Waals surface area contributed by atoms with Crippen LogP contribution in [-0.2, 0) is 4.79 Å². The average molecular weight is 468 g/mol. The zero-order valence-corrected chi connectivity index (χ0v) is 18.4. The Hall–Kier alpha value is -4.40. The zero-order chi connectivity index (χ0) is 24.5. The molecule has 0 saturated carbocycles. The number of benzene rings is 3. The maximum absolute atomic E-state index is 12.7. The predicted molar refractivity (Wildman–Crippen MR) is 125 cm³/mol. The molecule has 0 fully saturated rings. The Morgan fingerprint density at radius 3 is 2.12 bits per heavy atom. The van der Waals surface area contributed by atoms with Gasteiger partial charge in [-0.25, -0.2) is 0 Å². The molecule has 7 nitrogen and oxygen atoms in total. The van der Waals surface area contributed by atoms with E-state index in [-0.39, 0.29) is 23.0 Å². The molecule has 3 rings (SSSR count). The summed E-state index contributed by atoms with van der Waals surface area (Å²) in [7, 11) is 2.89. The van der Waals surface area contributed by atoms with Crippen molar-refractivity contribution in [2.75, 3.05) is 24.9 Å². The van der Waals surface area contributed by atoms with Gasteiger partial charge in [-0.05, 0) is 60.7 Å². The van der Waals surface area contributed by atoms with E-state index < -0.39 is 12.5 Å². The van der Waals surface area contributed by atoms with Crippen LogP contribution >= 0.6 is 0 Å². The third kappa shape index (κ3) is 6.55. The van der Waals surface area contributed by atoms with Gasteiger partial charge in [0, 0.05) is 28.6 Å². The highest BCUT2D eigenvalue weighted by Gasteiger charge is 2.14. The van der Waals surface area contributed by atoms with E-state index in [4.69, 9.17) is 9.47 Å². The number of carbonyl (C=O) groups is 2. The highest BCUT2D eigenvalue weighted by molar-refractivity contribution is 6.05. The number of carbonyl (C=O) groups excluding carboxylic acids is 2. The summed E-state index contributed by atoms with van der Waals surface area (Å²) >= 11 is 0. The van der Waals surface area contributed by atoms with Gasteiger partial charge in [-0.15, -0.1) is 0 Å². The Kier molecular flexibility index (Phi) is 8.17. The minimum atomic E-state index is -3.04. The molecule has 0 radical (unpaired) electrons. The van der Waals surface area contributed by atoms with Crippen LogP contribution in [0.15, 0.2) is 72.8 Å². The largest absolute Gasteiger partial charge is 0.497 e. The molecule has 0 saturated heterocycles. The molecule has 0 unspecified atom stereocenters. The van der Waals surface area contributed by atoms with E-state index in [2.05, 4.69) is 15.4 Å². The third-order valence-corrected chi connectivity index (χ3v) is 4.61. The summed E-state index contributed by atoms with van der Waals surface area (Å²) in [6.07, 6.45) is 2.52. The minimum absolute atomic E-state index is 0.117. The predicted octanol–water partition coefficient (Wildman–Crippen LogP) is 5.21. The SMILES string of the molecule is COc1ccc(NC(=O)c2ccc(NC(=O)/C=C/c3cccc(OC)c3OC(F)F)cc2)cc1. The molecule has 0 aliphatic heterocycles. The molecule has 0 aromatic heterocycles. The number of ether oxygens (including phenoxy) is 3. The van der Waals surface area contributed by atoms with Crippen LogP contribution in [-0.4, -0.2) is 32.6 Å². The maximum atomic E-state index is 12.7. The molecule has 0 spiro atoms. The first-order valence-corrected chi connectivity index (χ1v) is 10.1. The van der Waals surface area contributed by atoms with Crippen molar-refractivity contribution in [1.82, 2.24) is 0 Å². The number of hydrogen-bond acceptors (Lipinski definition) is 5. The molecule has 0 atom stereocenters. The van der Waals surface area contributed by atoms with E-state index in [9.17, 15) is 18.4 Å². The number of halogens is 2. The highest BCUT2D eigenvalue weighted by atomic mass is 19.3. The lowest BCUT2D eigenvalue weighted by Gasteiger charge is -2.12. The summed E-state index contributed by atoms with van der Waals surface area (Å²) in [5.74, 6) is -0.187. The van der Waals surface area contributed by atoms with Crippen molar-refractivity contribution in [3.8, 4) is 17.2 Å². The van der Waals surface area contributed by atoms with Crippen LogP contribution in [0.25, 0.3) is 6.08 Å². The molecule has 0 heterocycles. The lowest BCUT2D eigenvalue weighted by molar-refractivity contribution is -0.111. The van der Waals surface area contributed by atoms with Crippen LogP contribution in [0.4, 0.5) is 20.2 Å². The standard InChI is InChI=1S/C25H22F2N2O5/c1-32-20-13-11-19(12-14-20)29-24(31)17-6-9-18(10-7-17)28-22(30)15-8-16-4-3-5-21(33-2)23(16)34-25(26)27/h3-15,25H,1-2H3,(H,28,30)(H,29,31)/b15-8+. The van der Waals surface area contributed by atoms with Crippen LogP contribution in [0, 0.1) is 0 Å². The summed E-state index contributed by atoms with van der Waals surface area (Å²) in [6, 6.07) is 17.8. The minimum Gasteiger partial charge on any atom is -0.497 e. The summed E-state index contributed by atoms with van der Waals surface area (Å²) in [4.78, 5) is 24.7. The molecule has 9 heteroatoms. The second-order valence-corrected chi connectivity index (χ2v) is 6.84. The van der Waals surface area contributed by atoms with Crippen LogP contribution < -0.4 is 24.8 Å². The van der Waals surface area contributed by atoms with Gasteiger partial charge in [0.15, 0.2) is 11.5 Å². The number of alkyl halides is 2. The fraction of sp³-hybridized carbons (Fsp3) is 0.120. The van der Waals surface area contributed by atoms with E-state index in [0.29, 0.717) is 22.7 Å². The van der Waals surface area contributed by atoms with Crippen LogP contribution in [0.5, 0.6) is 17.2 Å². The smallest absolute Gasteiger partial charge is 0.387 e. The Morgan fingerprint density at radius 1 is 0.853 bits per heavy atom. The van der Waals surface area contributed by atoms with Gasteiger partial charge in [0.2, 0.25) is 5.91 Å². The van der Waals surface area contributed by atoms with E-state index in [0.717, 1.165) is 0 Å². The number of hydrogen-bond donors (Lipinski definition) is 2. The van der Waals surface area contributed by atoms with Gasteiger partial charge < -0.3 is 24.8 Å². The van der Waals surface area contributed by atoms with E-state index in [1.165, 1.54) is 31.4 Å². The third-order valence-electron chi connectivity index (χ3n) is 4.61. The van der Waals surface area contributed by atoms with Gasteiger partial charge in [-0.1, -0.05) is 12.1 Å². The summed E-state index contributed by atoms with van der Waals surface area (Å²) in [5.41, 5.74) is 1.71. The molecule has 2 amide bonds. The molecule has 2 N–H and O–H groups in total. The fourth-order valence-corrected chi connectivity index (χ4v) is 2.97. The lowest BCUT2D eigenvalue weighted by atomic mass is 10.1. The number of amides is 2. The van der Waals surface area contributed by atoms with Crippen LogP contribution in [0.2, 0.25) is 0 Å². The van der Waals surface area contributed by atoms with Gasteiger partial charge in [0.1, 0.15) is 5.75 Å². The van der Waals surface area contributed by atoms with Crippen molar-refractivity contribution >= 4 is 29.3 Å². The number of rotatable bonds is 9. The Balaban J connectivity index is 1.62. The van der Waals surface area contributed by atoms with Crippen molar-refractivity contribution in [2.24, 2.45) is 0 Å². The second-order valence-electron chi connectivity index (χ2n) is 6.84. The first-order chi connectivity index (χ1) is 16.4. The zero-order valence-electron chi connectivity index (χ0n) is 18.4. The molecule has 3 aromatic rings. The quantitative estimate of drug-likeness (QED) is 0.421. The monoisotopic (exact) mass is 468 g/mol. The van der Waals surface area contributed by atoms with Crippen molar-refractivity contribution in [3.05, 3.63) is 83.9 Å². The summed E-state index contributed by atoms with van der Waals surface area (Å²) < 4.78 is 40.1. The first-order valence-electron chi connectivity index (χ1n) is 10.1. The van der Waals surface area contributed by atoms with Crippen LogP contribution in [0.3, 0.4) is 0 Å². The molecular weight excluding hydrogens is 446 g/mol. The number of nitrogens with one attached hydrogen (secondary N) is 2. The number of para-hydroxylation sites is 1. The molecule has 176 valence electrons. The van der Waals surface area contributed by atoms with E-state index in [1.807, 2.05) is 0 Å². The second kappa shape index (κ2) is 11.5. The molecule has 0 aliphatic rings. The lowest BCUT2D eigenvalue weighted by Crippen LogP contribution is -2.12. The molecule has 0 aliphatic carbocycles. The van der Waals surface area contributed by atoms with Crippen molar-refractivity contribution in [3.63, 3.8) is 0 Å². The maximum Gasteiger partial charge on any atom is 0.387 e. The van der Waals surface area contributed by atoms with Crippen LogP contribution in [0.1, 0.15) is 15.9 Å². The van der Waals surface area contributed by atoms with Gasteiger partial charge in [0.25, 0.3) is 5.91 Å². The molecule has 34 heavy (non-hydrogen) atoms. The number of anilines is 2. The first kappa shape index (κ1) is 24.2. The normalized spacial score (nSPS) is 10.7. The van der Waals surface area contributed by atoms with Gasteiger partial charge >= 0.3 is 6.61 Å². The van der Waals surface area contributed by atoms with Gasteiger partial charge in [-0.2, -0.15) is 8.78 Å². The average Bonchev–Trinajstić information content (AvgIpc) is 2.84. The Morgan fingerprint density at radius 2 is 1.50 bits per heavy atom. The van der Waals surface area contributed by atoms with Gasteiger partial charge in [0.05, 0.1) is 14.2 Å². The number of methoxy groups -OCH3 is 2.